The Kier molecular flexibility index (Phi) is 5.80. The number of benzodiazepines with no additional fused rings is 1. The molecule has 1 N–H and O–H groups in total. The lowest BCUT2D eigenvalue weighted by atomic mass is 10.0. The number of amides is 2. The highest BCUT2D eigenvalue weighted by Crippen LogP contribution is 2.27. The van der Waals surface area contributed by atoms with Crippen LogP contribution in [0.5, 0.6) is 5.75 Å². The summed E-state index contributed by atoms with van der Waals surface area (Å²) in [5.41, 5.74) is 3.93. The minimum Gasteiger partial charge on any atom is -0.497 e. The zero-order chi connectivity index (χ0) is 21.8. The highest BCUT2D eigenvalue weighted by molar-refractivity contribution is 6.20. The number of likely N-dealkylation sites (N-methyl/N-ethyl adjacent to an activating group) is 1. The van der Waals surface area contributed by atoms with E-state index in [1.807, 2.05) is 72.8 Å². The van der Waals surface area contributed by atoms with Crippen molar-refractivity contribution in [2.75, 3.05) is 19.1 Å². The van der Waals surface area contributed by atoms with Gasteiger partial charge in [-0.1, -0.05) is 60.7 Å². The molecule has 1 aliphatic heterocycles. The van der Waals surface area contributed by atoms with Gasteiger partial charge in [0.1, 0.15) is 5.75 Å². The first kappa shape index (κ1) is 20.3. The van der Waals surface area contributed by atoms with Crippen LogP contribution in [0.2, 0.25) is 0 Å². The van der Waals surface area contributed by atoms with Gasteiger partial charge in [-0.2, -0.15) is 0 Å². The smallest absolute Gasteiger partial charge is 0.272 e. The molecule has 6 heteroatoms. The van der Waals surface area contributed by atoms with E-state index in [1.54, 1.807) is 25.1 Å². The van der Waals surface area contributed by atoms with Crippen LogP contribution < -0.4 is 15.0 Å². The predicted octanol–water partition coefficient (Wildman–Crippen LogP) is 3.19. The van der Waals surface area contributed by atoms with E-state index < -0.39 is 6.17 Å². The fourth-order valence-corrected chi connectivity index (χ4v) is 3.61. The highest BCUT2D eigenvalue weighted by atomic mass is 16.5. The van der Waals surface area contributed by atoms with Crippen molar-refractivity contribution in [3.05, 3.63) is 95.6 Å². The van der Waals surface area contributed by atoms with Crippen LogP contribution >= 0.6 is 0 Å². The topological polar surface area (TPSA) is 71.0 Å². The van der Waals surface area contributed by atoms with Gasteiger partial charge in [0, 0.05) is 18.2 Å². The lowest BCUT2D eigenvalue weighted by Crippen LogP contribution is -2.46. The largest absolute Gasteiger partial charge is 0.497 e. The number of carbonyl (C=O) groups excluding carboxylic acids is 2. The Morgan fingerprint density at radius 2 is 1.77 bits per heavy atom. The standard InChI is InChI=1S/C25H23N3O3/c1-28-21-14-7-6-13-20(21)23(18-10-4-3-5-11-18)27-24(25(28)30)26-22(29)16-17-9-8-12-19(15-17)31-2/h3-15,24H,16H2,1-2H3,(H,26,29)/t24-/m1/s1. The third kappa shape index (κ3) is 4.33. The average molecular weight is 413 g/mol. The lowest BCUT2D eigenvalue weighted by molar-refractivity contribution is -0.126. The molecule has 1 heterocycles. The molecule has 0 aliphatic carbocycles. The summed E-state index contributed by atoms with van der Waals surface area (Å²) in [5, 5.41) is 2.80. The summed E-state index contributed by atoms with van der Waals surface area (Å²) in [6.07, 6.45) is -0.904. The van der Waals surface area contributed by atoms with Crippen molar-refractivity contribution < 1.29 is 14.3 Å². The Balaban J connectivity index is 1.66. The van der Waals surface area contributed by atoms with Crippen LogP contribution in [0.4, 0.5) is 5.69 Å². The van der Waals surface area contributed by atoms with E-state index >= 15 is 0 Å². The third-order valence-electron chi connectivity index (χ3n) is 5.19. The normalized spacial score (nSPS) is 15.5. The number of ether oxygens (including phenoxy) is 1. The molecule has 0 saturated heterocycles. The first-order chi connectivity index (χ1) is 15.1. The molecule has 0 unspecified atom stereocenters. The Labute approximate surface area is 181 Å². The summed E-state index contributed by atoms with van der Waals surface area (Å²) in [5.74, 6) is 0.0925. The molecule has 31 heavy (non-hydrogen) atoms. The number of aliphatic imine (C=N–C) groups is 1. The van der Waals surface area contributed by atoms with E-state index in [1.165, 1.54) is 0 Å². The molecule has 156 valence electrons. The fraction of sp³-hybridized carbons (Fsp3) is 0.160. The Morgan fingerprint density at radius 1 is 1.03 bits per heavy atom. The number of rotatable bonds is 5. The summed E-state index contributed by atoms with van der Waals surface area (Å²) in [6, 6.07) is 24.6. The molecule has 0 aromatic heterocycles. The average Bonchev–Trinajstić information content (AvgIpc) is 2.90. The van der Waals surface area contributed by atoms with Gasteiger partial charge < -0.3 is 15.0 Å². The van der Waals surface area contributed by atoms with Crippen molar-refractivity contribution >= 4 is 23.2 Å². The van der Waals surface area contributed by atoms with Gasteiger partial charge in [-0.15, -0.1) is 0 Å². The van der Waals surface area contributed by atoms with Crippen molar-refractivity contribution in [1.29, 1.82) is 0 Å². The van der Waals surface area contributed by atoms with Gasteiger partial charge in [-0.05, 0) is 23.8 Å². The number of carbonyl (C=O) groups is 2. The Bertz CT molecular complexity index is 1140. The van der Waals surface area contributed by atoms with Gasteiger partial charge in [-0.3, -0.25) is 9.59 Å². The number of para-hydroxylation sites is 1. The van der Waals surface area contributed by atoms with Gasteiger partial charge in [0.25, 0.3) is 5.91 Å². The number of fused-ring (bicyclic) bond motifs is 1. The molecule has 0 spiro atoms. The zero-order valence-corrected chi connectivity index (χ0v) is 17.4. The lowest BCUT2D eigenvalue weighted by Gasteiger charge is -2.20. The summed E-state index contributed by atoms with van der Waals surface area (Å²) in [7, 11) is 3.28. The first-order valence-corrected chi connectivity index (χ1v) is 9.99. The summed E-state index contributed by atoms with van der Waals surface area (Å²) < 4.78 is 5.22. The van der Waals surface area contributed by atoms with Crippen LogP contribution in [0.1, 0.15) is 16.7 Å². The molecule has 4 rings (SSSR count). The second-order valence-electron chi connectivity index (χ2n) is 7.26. The van der Waals surface area contributed by atoms with E-state index in [0.717, 1.165) is 22.4 Å². The minimum atomic E-state index is -1.02. The molecular weight excluding hydrogens is 390 g/mol. The summed E-state index contributed by atoms with van der Waals surface area (Å²) in [6.45, 7) is 0. The number of nitrogens with one attached hydrogen (secondary N) is 1. The minimum absolute atomic E-state index is 0.119. The van der Waals surface area contributed by atoms with Gasteiger partial charge in [0.15, 0.2) is 0 Å². The molecule has 3 aromatic rings. The molecule has 0 fully saturated rings. The van der Waals surface area contributed by atoms with Crippen molar-refractivity contribution in [3.63, 3.8) is 0 Å². The van der Waals surface area contributed by atoms with E-state index in [2.05, 4.69) is 5.32 Å². The number of anilines is 1. The number of nitrogens with zero attached hydrogens (tertiary/aromatic N) is 2. The number of methoxy groups -OCH3 is 1. The first-order valence-electron chi connectivity index (χ1n) is 9.99. The molecular formula is C25H23N3O3. The van der Waals surface area contributed by atoms with Crippen molar-refractivity contribution in [3.8, 4) is 5.75 Å². The van der Waals surface area contributed by atoms with Crippen LogP contribution in [0, 0.1) is 0 Å². The van der Waals surface area contributed by atoms with Crippen LogP contribution in [-0.2, 0) is 16.0 Å². The van der Waals surface area contributed by atoms with E-state index in [9.17, 15) is 9.59 Å². The summed E-state index contributed by atoms with van der Waals surface area (Å²) >= 11 is 0. The monoisotopic (exact) mass is 413 g/mol. The fourth-order valence-electron chi connectivity index (χ4n) is 3.61. The molecule has 3 aromatic carbocycles. The molecule has 2 amide bonds. The van der Waals surface area contributed by atoms with Crippen molar-refractivity contribution in [2.45, 2.75) is 12.6 Å². The van der Waals surface area contributed by atoms with E-state index in [4.69, 9.17) is 9.73 Å². The number of benzene rings is 3. The SMILES string of the molecule is COc1cccc(CC(=O)N[C@@H]2N=C(c3ccccc3)c3ccccc3N(C)C2=O)c1. The Hall–Kier alpha value is -3.93. The van der Waals surface area contributed by atoms with E-state index in [-0.39, 0.29) is 18.2 Å². The maximum Gasteiger partial charge on any atom is 0.272 e. The predicted molar refractivity (Wildman–Crippen MR) is 121 cm³/mol. The zero-order valence-electron chi connectivity index (χ0n) is 17.4. The van der Waals surface area contributed by atoms with Crippen molar-refractivity contribution in [2.24, 2.45) is 4.99 Å². The second kappa shape index (κ2) is 8.83. The van der Waals surface area contributed by atoms with Gasteiger partial charge in [-0.25, -0.2) is 4.99 Å². The number of hydrogen-bond donors (Lipinski definition) is 1. The molecule has 1 aliphatic rings. The Morgan fingerprint density at radius 3 is 2.55 bits per heavy atom. The maximum atomic E-state index is 13.2. The molecule has 0 bridgehead atoms. The van der Waals surface area contributed by atoms with E-state index in [0.29, 0.717) is 11.5 Å². The maximum absolute atomic E-state index is 13.2. The van der Waals surface area contributed by atoms with Crippen LogP contribution in [0.25, 0.3) is 0 Å². The third-order valence-corrected chi connectivity index (χ3v) is 5.19. The number of hydrogen-bond acceptors (Lipinski definition) is 4. The second-order valence-corrected chi connectivity index (χ2v) is 7.26. The molecule has 0 saturated carbocycles. The summed E-state index contributed by atoms with van der Waals surface area (Å²) in [4.78, 5) is 32.2. The van der Waals surface area contributed by atoms with Crippen molar-refractivity contribution in [1.82, 2.24) is 5.32 Å². The van der Waals surface area contributed by atoms with Crippen LogP contribution in [0.15, 0.2) is 83.9 Å². The highest BCUT2D eigenvalue weighted by Gasteiger charge is 2.30. The van der Waals surface area contributed by atoms with Crippen LogP contribution in [0.3, 0.4) is 0 Å². The van der Waals surface area contributed by atoms with Gasteiger partial charge >= 0.3 is 0 Å². The van der Waals surface area contributed by atoms with Gasteiger partial charge in [0.2, 0.25) is 12.1 Å². The van der Waals surface area contributed by atoms with Crippen LogP contribution in [-0.4, -0.2) is 37.8 Å². The molecule has 0 radical (unpaired) electrons. The molecule has 6 nitrogen and oxygen atoms in total. The van der Waals surface area contributed by atoms with Gasteiger partial charge in [0.05, 0.1) is 24.9 Å². The molecule has 1 atom stereocenters. The quantitative estimate of drug-likeness (QED) is 0.698.